The van der Waals surface area contributed by atoms with Gasteiger partial charge in [0.1, 0.15) is 0 Å². The Morgan fingerprint density at radius 1 is 1.44 bits per heavy atom. The van der Waals surface area contributed by atoms with Crippen LogP contribution in [0, 0.1) is 18.3 Å². The van der Waals surface area contributed by atoms with Gasteiger partial charge >= 0.3 is 0 Å². The van der Waals surface area contributed by atoms with Crippen LogP contribution in [-0.4, -0.2) is 32.5 Å². The summed E-state index contributed by atoms with van der Waals surface area (Å²) in [5.74, 6) is 0. The highest BCUT2D eigenvalue weighted by Crippen LogP contribution is 2.10. The molecule has 0 amide bonds. The van der Waals surface area contributed by atoms with E-state index in [1.165, 1.54) is 5.56 Å². The molecule has 1 atom stereocenters. The SMILES string of the molecule is Cc1cc(C#N)ccc1CNCC1COCCO1. The maximum absolute atomic E-state index is 8.80. The molecule has 1 aromatic rings. The number of rotatable bonds is 4. The second-order valence-corrected chi connectivity index (χ2v) is 4.45. The molecule has 1 aliphatic heterocycles. The lowest BCUT2D eigenvalue weighted by molar-refractivity contribution is -0.0864. The van der Waals surface area contributed by atoms with E-state index in [0.717, 1.165) is 18.7 Å². The van der Waals surface area contributed by atoms with Crippen LogP contribution < -0.4 is 5.32 Å². The molecule has 0 spiro atoms. The third kappa shape index (κ3) is 3.54. The van der Waals surface area contributed by atoms with Gasteiger partial charge in [-0.05, 0) is 30.2 Å². The monoisotopic (exact) mass is 246 g/mol. The van der Waals surface area contributed by atoms with E-state index in [4.69, 9.17) is 14.7 Å². The highest BCUT2D eigenvalue weighted by atomic mass is 16.6. The van der Waals surface area contributed by atoms with Gasteiger partial charge in [-0.25, -0.2) is 0 Å². The van der Waals surface area contributed by atoms with E-state index in [1.54, 1.807) is 0 Å². The largest absolute Gasteiger partial charge is 0.376 e. The van der Waals surface area contributed by atoms with E-state index in [1.807, 2.05) is 25.1 Å². The molecule has 1 aromatic carbocycles. The summed E-state index contributed by atoms with van der Waals surface area (Å²) in [5, 5.41) is 12.2. The fraction of sp³-hybridized carbons (Fsp3) is 0.500. The molecule has 1 saturated heterocycles. The third-order valence-corrected chi connectivity index (χ3v) is 3.04. The summed E-state index contributed by atoms with van der Waals surface area (Å²) in [6.07, 6.45) is 0.150. The van der Waals surface area contributed by atoms with Gasteiger partial charge in [-0.3, -0.25) is 0 Å². The summed E-state index contributed by atoms with van der Waals surface area (Å²) in [5.41, 5.74) is 3.06. The van der Waals surface area contributed by atoms with Crippen molar-refractivity contribution in [2.45, 2.75) is 19.6 Å². The van der Waals surface area contributed by atoms with Crippen molar-refractivity contribution in [1.82, 2.24) is 5.32 Å². The minimum atomic E-state index is 0.150. The first-order valence-corrected chi connectivity index (χ1v) is 6.19. The normalized spacial score (nSPS) is 19.4. The van der Waals surface area contributed by atoms with Gasteiger partial charge in [0, 0.05) is 13.1 Å². The Morgan fingerprint density at radius 2 is 2.33 bits per heavy atom. The second-order valence-electron chi connectivity index (χ2n) is 4.45. The summed E-state index contributed by atoms with van der Waals surface area (Å²) in [6.45, 7) is 5.65. The Kier molecular flexibility index (Phi) is 4.71. The van der Waals surface area contributed by atoms with E-state index >= 15 is 0 Å². The lowest BCUT2D eigenvalue weighted by Crippen LogP contribution is -2.37. The number of hydrogen-bond acceptors (Lipinski definition) is 4. The molecule has 96 valence electrons. The van der Waals surface area contributed by atoms with Gasteiger partial charge in [0.2, 0.25) is 0 Å². The molecule has 1 fully saturated rings. The predicted molar refractivity (Wildman–Crippen MR) is 68.2 cm³/mol. The number of nitrogens with one attached hydrogen (secondary N) is 1. The second kappa shape index (κ2) is 6.50. The third-order valence-electron chi connectivity index (χ3n) is 3.04. The molecule has 0 saturated carbocycles. The first-order chi connectivity index (χ1) is 8.79. The molecule has 4 heteroatoms. The van der Waals surface area contributed by atoms with Crippen LogP contribution in [-0.2, 0) is 16.0 Å². The standard InChI is InChI=1S/C14H18N2O2/c1-11-6-12(7-15)2-3-13(11)8-16-9-14-10-17-4-5-18-14/h2-3,6,14,16H,4-5,8-10H2,1H3. The molecule has 0 aromatic heterocycles. The lowest BCUT2D eigenvalue weighted by atomic mass is 10.1. The van der Waals surface area contributed by atoms with Crippen LogP contribution >= 0.6 is 0 Å². The minimum Gasteiger partial charge on any atom is -0.376 e. The average molecular weight is 246 g/mol. The summed E-state index contributed by atoms with van der Waals surface area (Å²) in [7, 11) is 0. The number of ether oxygens (including phenoxy) is 2. The van der Waals surface area contributed by atoms with Crippen molar-refractivity contribution in [2.75, 3.05) is 26.4 Å². The minimum absolute atomic E-state index is 0.150. The van der Waals surface area contributed by atoms with Crippen LogP contribution in [0.1, 0.15) is 16.7 Å². The summed E-state index contributed by atoms with van der Waals surface area (Å²) < 4.78 is 10.9. The summed E-state index contributed by atoms with van der Waals surface area (Å²) >= 11 is 0. The number of hydrogen-bond donors (Lipinski definition) is 1. The molecular formula is C14H18N2O2. The Hall–Kier alpha value is -1.41. The molecule has 0 bridgehead atoms. The van der Waals surface area contributed by atoms with E-state index < -0.39 is 0 Å². The van der Waals surface area contributed by atoms with Crippen LogP contribution in [0.15, 0.2) is 18.2 Å². The molecule has 18 heavy (non-hydrogen) atoms. The molecule has 1 N–H and O–H groups in total. The van der Waals surface area contributed by atoms with Crippen LogP contribution in [0.4, 0.5) is 0 Å². The zero-order chi connectivity index (χ0) is 12.8. The van der Waals surface area contributed by atoms with E-state index in [9.17, 15) is 0 Å². The molecule has 1 aliphatic rings. The quantitative estimate of drug-likeness (QED) is 0.872. The first-order valence-electron chi connectivity index (χ1n) is 6.19. The van der Waals surface area contributed by atoms with Crippen molar-refractivity contribution in [3.63, 3.8) is 0 Å². The number of nitriles is 1. The van der Waals surface area contributed by atoms with Crippen molar-refractivity contribution in [3.8, 4) is 6.07 Å². The molecule has 0 radical (unpaired) electrons. The zero-order valence-electron chi connectivity index (χ0n) is 10.6. The first kappa shape index (κ1) is 13.0. The van der Waals surface area contributed by atoms with Gasteiger partial charge < -0.3 is 14.8 Å². The van der Waals surface area contributed by atoms with Crippen LogP contribution in [0.2, 0.25) is 0 Å². The van der Waals surface area contributed by atoms with E-state index in [2.05, 4.69) is 11.4 Å². The van der Waals surface area contributed by atoms with Gasteiger partial charge in [-0.1, -0.05) is 6.07 Å². The number of aryl methyl sites for hydroxylation is 1. The molecule has 2 rings (SSSR count). The van der Waals surface area contributed by atoms with Crippen molar-refractivity contribution in [1.29, 1.82) is 5.26 Å². The van der Waals surface area contributed by atoms with E-state index in [-0.39, 0.29) is 6.10 Å². The van der Waals surface area contributed by atoms with Gasteiger partial charge in [0.15, 0.2) is 0 Å². The molecule has 1 heterocycles. The van der Waals surface area contributed by atoms with Crippen molar-refractivity contribution < 1.29 is 9.47 Å². The number of nitrogens with zero attached hydrogens (tertiary/aromatic N) is 1. The molecule has 0 aliphatic carbocycles. The van der Waals surface area contributed by atoms with E-state index in [0.29, 0.717) is 25.4 Å². The Labute approximate surface area is 108 Å². The topological polar surface area (TPSA) is 54.3 Å². The van der Waals surface area contributed by atoms with Crippen molar-refractivity contribution in [2.24, 2.45) is 0 Å². The lowest BCUT2D eigenvalue weighted by Gasteiger charge is -2.23. The van der Waals surface area contributed by atoms with Crippen LogP contribution in [0.5, 0.6) is 0 Å². The molecule has 1 unspecified atom stereocenters. The maximum atomic E-state index is 8.80. The highest BCUT2D eigenvalue weighted by Gasteiger charge is 2.13. The molecule has 4 nitrogen and oxygen atoms in total. The Bertz CT molecular complexity index is 434. The summed E-state index contributed by atoms with van der Waals surface area (Å²) in [6, 6.07) is 7.91. The van der Waals surface area contributed by atoms with Crippen molar-refractivity contribution >= 4 is 0 Å². The fourth-order valence-electron chi connectivity index (χ4n) is 1.99. The molecular weight excluding hydrogens is 228 g/mol. The van der Waals surface area contributed by atoms with Gasteiger partial charge in [0.05, 0.1) is 37.6 Å². The van der Waals surface area contributed by atoms with Crippen molar-refractivity contribution in [3.05, 3.63) is 34.9 Å². The van der Waals surface area contributed by atoms with Crippen LogP contribution in [0.3, 0.4) is 0 Å². The smallest absolute Gasteiger partial charge is 0.0991 e. The van der Waals surface area contributed by atoms with Crippen LogP contribution in [0.25, 0.3) is 0 Å². The zero-order valence-corrected chi connectivity index (χ0v) is 10.6. The van der Waals surface area contributed by atoms with Gasteiger partial charge in [-0.15, -0.1) is 0 Å². The maximum Gasteiger partial charge on any atom is 0.0991 e. The number of benzene rings is 1. The predicted octanol–water partition coefficient (Wildman–Crippen LogP) is 1.37. The summed E-state index contributed by atoms with van der Waals surface area (Å²) in [4.78, 5) is 0. The fourth-order valence-corrected chi connectivity index (χ4v) is 1.99. The Morgan fingerprint density at radius 3 is 3.00 bits per heavy atom. The Balaban J connectivity index is 1.81. The van der Waals surface area contributed by atoms with Gasteiger partial charge in [0.25, 0.3) is 0 Å². The average Bonchev–Trinajstić information content (AvgIpc) is 2.42. The highest BCUT2D eigenvalue weighted by molar-refractivity contribution is 5.37. The van der Waals surface area contributed by atoms with Gasteiger partial charge in [-0.2, -0.15) is 5.26 Å².